The predicted molar refractivity (Wildman–Crippen MR) is 96.5 cm³/mol. The van der Waals surface area contributed by atoms with Crippen LogP contribution in [-0.2, 0) is 4.79 Å². The van der Waals surface area contributed by atoms with Crippen LogP contribution in [0.15, 0.2) is 42.5 Å². The molecule has 0 aliphatic rings. The van der Waals surface area contributed by atoms with Crippen LogP contribution in [0.2, 0.25) is 5.02 Å². The first-order valence-electron chi connectivity index (χ1n) is 7.93. The van der Waals surface area contributed by atoms with Crippen molar-refractivity contribution in [2.24, 2.45) is 0 Å². The van der Waals surface area contributed by atoms with Crippen molar-refractivity contribution in [1.29, 1.82) is 0 Å². The van der Waals surface area contributed by atoms with Gasteiger partial charge in [0, 0.05) is 10.6 Å². The van der Waals surface area contributed by atoms with Crippen molar-refractivity contribution in [3.8, 4) is 11.5 Å². The van der Waals surface area contributed by atoms with Crippen LogP contribution in [0.4, 0.5) is 0 Å². The summed E-state index contributed by atoms with van der Waals surface area (Å²) in [4.78, 5) is 22.9. The molecular weight excluding hydrogens is 342 g/mol. The minimum Gasteiger partial charge on any atom is -0.490 e. The van der Waals surface area contributed by atoms with E-state index in [-0.39, 0.29) is 18.6 Å². The molecule has 2 aromatic carbocycles. The van der Waals surface area contributed by atoms with E-state index >= 15 is 0 Å². The van der Waals surface area contributed by atoms with Gasteiger partial charge in [0.2, 0.25) is 0 Å². The maximum Gasteiger partial charge on any atom is 0.258 e. The molecule has 0 bridgehead atoms. The molecule has 6 heteroatoms. The van der Waals surface area contributed by atoms with Crippen LogP contribution in [-0.4, -0.2) is 25.4 Å². The zero-order chi connectivity index (χ0) is 18.2. The SMILES string of the molecule is CCOc1cc(C=O)ccc1OCC(=O)N[C@@H](C)c1ccc(Cl)cc1. The van der Waals surface area contributed by atoms with Gasteiger partial charge in [-0.2, -0.15) is 0 Å². The second-order valence-corrected chi connectivity index (χ2v) is 5.82. The Bertz CT molecular complexity index is 731. The summed E-state index contributed by atoms with van der Waals surface area (Å²) in [5.41, 5.74) is 1.43. The molecule has 0 saturated carbocycles. The topological polar surface area (TPSA) is 64.6 Å². The van der Waals surface area contributed by atoms with Gasteiger partial charge in [0.1, 0.15) is 6.29 Å². The molecule has 0 saturated heterocycles. The van der Waals surface area contributed by atoms with Crippen LogP contribution in [0.3, 0.4) is 0 Å². The Kier molecular flexibility index (Phi) is 6.83. The largest absolute Gasteiger partial charge is 0.490 e. The fourth-order valence-electron chi connectivity index (χ4n) is 2.25. The third-order valence-electron chi connectivity index (χ3n) is 3.51. The highest BCUT2D eigenvalue weighted by Crippen LogP contribution is 2.28. The Morgan fingerprint density at radius 3 is 2.52 bits per heavy atom. The van der Waals surface area contributed by atoms with Crippen molar-refractivity contribution >= 4 is 23.8 Å². The van der Waals surface area contributed by atoms with Gasteiger partial charge >= 0.3 is 0 Å². The maximum absolute atomic E-state index is 12.1. The van der Waals surface area contributed by atoms with E-state index in [1.807, 2.05) is 26.0 Å². The smallest absolute Gasteiger partial charge is 0.258 e. The molecule has 1 atom stereocenters. The normalized spacial score (nSPS) is 11.5. The van der Waals surface area contributed by atoms with Crippen molar-refractivity contribution in [3.63, 3.8) is 0 Å². The van der Waals surface area contributed by atoms with Gasteiger partial charge in [0.15, 0.2) is 18.1 Å². The Morgan fingerprint density at radius 1 is 1.16 bits per heavy atom. The highest BCUT2D eigenvalue weighted by atomic mass is 35.5. The fourth-order valence-corrected chi connectivity index (χ4v) is 2.37. The maximum atomic E-state index is 12.1. The molecule has 0 aromatic heterocycles. The van der Waals surface area contributed by atoms with Crippen LogP contribution in [0, 0.1) is 0 Å². The van der Waals surface area contributed by atoms with E-state index in [1.165, 1.54) is 0 Å². The summed E-state index contributed by atoms with van der Waals surface area (Å²) in [6.07, 6.45) is 0.729. The van der Waals surface area contributed by atoms with E-state index in [0.717, 1.165) is 11.8 Å². The molecule has 0 aliphatic heterocycles. The van der Waals surface area contributed by atoms with Gasteiger partial charge in [0.25, 0.3) is 5.91 Å². The number of ether oxygens (including phenoxy) is 2. The Labute approximate surface area is 151 Å². The Balaban J connectivity index is 1.95. The summed E-state index contributed by atoms with van der Waals surface area (Å²) in [6, 6.07) is 11.9. The highest BCUT2D eigenvalue weighted by molar-refractivity contribution is 6.30. The van der Waals surface area contributed by atoms with Gasteiger partial charge in [-0.1, -0.05) is 23.7 Å². The predicted octanol–water partition coefficient (Wildman–Crippen LogP) is 3.81. The van der Waals surface area contributed by atoms with Crippen LogP contribution < -0.4 is 14.8 Å². The first-order chi connectivity index (χ1) is 12.0. The number of hydrogen-bond donors (Lipinski definition) is 1. The number of carbonyl (C=O) groups excluding carboxylic acids is 2. The molecule has 0 spiro atoms. The average Bonchev–Trinajstić information content (AvgIpc) is 2.61. The second kappa shape index (κ2) is 9.08. The Hall–Kier alpha value is -2.53. The first kappa shape index (κ1) is 18.8. The lowest BCUT2D eigenvalue weighted by Crippen LogP contribution is -2.31. The molecule has 5 nitrogen and oxygen atoms in total. The second-order valence-electron chi connectivity index (χ2n) is 5.39. The number of nitrogens with one attached hydrogen (secondary N) is 1. The highest BCUT2D eigenvalue weighted by Gasteiger charge is 2.12. The Morgan fingerprint density at radius 2 is 1.88 bits per heavy atom. The lowest BCUT2D eigenvalue weighted by Gasteiger charge is -2.16. The van der Waals surface area contributed by atoms with Crippen molar-refractivity contribution in [2.75, 3.05) is 13.2 Å². The molecule has 0 unspecified atom stereocenters. The van der Waals surface area contributed by atoms with Gasteiger partial charge in [-0.05, 0) is 49.7 Å². The lowest BCUT2D eigenvalue weighted by atomic mass is 10.1. The molecule has 0 heterocycles. The average molecular weight is 362 g/mol. The fraction of sp³-hybridized carbons (Fsp3) is 0.263. The zero-order valence-corrected chi connectivity index (χ0v) is 14.9. The number of carbonyl (C=O) groups is 2. The number of halogens is 1. The van der Waals surface area contributed by atoms with Gasteiger partial charge < -0.3 is 14.8 Å². The monoisotopic (exact) mass is 361 g/mol. The van der Waals surface area contributed by atoms with E-state index < -0.39 is 0 Å². The standard InChI is InChI=1S/C19H20ClNO4/c1-3-24-18-10-14(11-22)4-9-17(18)25-12-19(23)21-13(2)15-5-7-16(20)8-6-15/h4-11,13H,3,12H2,1-2H3,(H,21,23)/t13-/m0/s1. The van der Waals surface area contributed by atoms with E-state index in [2.05, 4.69) is 5.32 Å². The summed E-state index contributed by atoms with van der Waals surface area (Å²) in [6.45, 7) is 3.99. The summed E-state index contributed by atoms with van der Waals surface area (Å²) in [5, 5.41) is 3.50. The molecule has 1 N–H and O–H groups in total. The molecule has 25 heavy (non-hydrogen) atoms. The quantitative estimate of drug-likeness (QED) is 0.726. The van der Waals surface area contributed by atoms with Gasteiger partial charge in [0.05, 0.1) is 12.6 Å². The van der Waals surface area contributed by atoms with E-state index in [9.17, 15) is 9.59 Å². The third-order valence-corrected chi connectivity index (χ3v) is 3.76. The van der Waals surface area contributed by atoms with Crippen LogP contribution >= 0.6 is 11.6 Å². The number of benzene rings is 2. The van der Waals surface area contributed by atoms with Crippen LogP contribution in [0.5, 0.6) is 11.5 Å². The van der Waals surface area contributed by atoms with Gasteiger partial charge in [-0.15, -0.1) is 0 Å². The zero-order valence-electron chi connectivity index (χ0n) is 14.1. The van der Waals surface area contributed by atoms with Crippen molar-refractivity contribution < 1.29 is 19.1 Å². The lowest BCUT2D eigenvalue weighted by molar-refractivity contribution is -0.123. The molecule has 0 fully saturated rings. The number of amides is 1. The van der Waals surface area contributed by atoms with Crippen molar-refractivity contribution in [2.45, 2.75) is 19.9 Å². The molecule has 132 valence electrons. The minimum absolute atomic E-state index is 0.154. The molecule has 1 amide bonds. The first-order valence-corrected chi connectivity index (χ1v) is 8.31. The molecule has 2 aromatic rings. The van der Waals surface area contributed by atoms with E-state index in [4.69, 9.17) is 21.1 Å². The number of aldehydes is 1. The molecule has 2 rings (SSSR count). The summed E-state index contributed by atoms with van der Waals surface area (Å²) < 4.78 is 11.0. The van der Waals surface area contributed by atoms with E-state index in [0.29, 0.717) is 28.7 Å². The summed E-state index contributed by atoms with van der Waals surface area (Å²) >= 11 is 5.86. The number of rotatable bonds is 8. The van der Waals surface area contributed by atoms with Gasteiger partial charge in [-0.3, -0.25) is 9.59 Å². The number of hydrogen-bond acceptors (Lipinski definition) is 4. The van der Waals surface area contributed by atoms with Crippen LogP contribution in [0.1, 0.15) is 35.8 Å². The van der Waals surface area contributed by atoms with Crippen molar-refractivity contribution in [1.82, 2.24) is 5.32 Å². The third kappa shape index (κ3) is 5.50. The van der Waals surface area contributed by atoms with Crippen LogP contribution in [0.25, 0.3) is 0 Å². The van der Waals surface area contributed by atoms with E-state index in [1.54, 1.807) is 30.3 Å². The minimum atomic E-state index is -0.260. The molecule has 0 radical (unpaired) electrons. The molecule has 0 aliphatic carbocycles. The van der Waals surface area contributed by atoms with Gasteiger partial charge in [-0.25, -0.2) is 0 Å². The van der Waals surface area contributed by atoms with Crippen molar-refractivity contribution in [3.05, 3.63) is 58.6 Å². The summed E-state index contributed by atoms with van der Waals surface area (Å²) in [7, 11) is 0. The molecular formula is C19H20ClNO4. The summed E-state index contributed by atoms with van der Waals surface area (Å²) in [5.74, 6) is 0.594.